The number of likely N-dealkylation sites (tertiary alicyclic amines) is 1. The molecule has 174 valence electrons. The molecule has 0 radical (unpaired) electrons. The van der Waals surface area contributed by atoms with E-state index in [0.717, 1.165) is 0 Å². The minimum Gasteiger partial charge on any atom is -0.507 e. The van der Waals surface area contributed by atoms with Crippen molar-refractivity contribution in [2.75, 3.05) is 19.8 Å². The second-order valence-electron chi connectivity index (χ2n) is 8.03. The molecular weight excluding hydrogens is 441 g/mol. The maximum absolute atomic E-state index is 14.9. The predicted octanol–water partition coefficient (Wildman–Crippen LogP) is 3.31. The van der Waals surface area contributed by atoms with Crippen LogP contribution in [0, 0.1) is 5.82 Å². The van der Waals surface area contributed by atoms with Crippen molar-refractivity contribution in [3.63, 3.8) is 0 Å². The quantitative estimate of drug-likeness (QED) is 0.343. The van der Waals surface area contributed by atoms with Crippen LogP contribution in [0.1, 0.15) is 23.6 Å². The molecule has 1 atom stereocenters. The molecule has 5 rings (SSSR count). The van der Waals surface area contributed by atoms with Crippen molar-refractivity contribution < 1.29 is 28.6 Å². The molecule has 8 nitrogen and oxygen atoms in total. The average molecular weight is 463 g/mol. The molecule has 1 N–H and O–H groups in total. The number of benzene rings is 2. The lowest BCUT2D eigenvalue weighted by Gasteiger charge is -2.26. The zero-order chi connectivity index (χ0) is 23.7. The highest BCUT2D eigenvalue weighted by Gasteiger charge is 2.46. The summed E-state index contributed by atoms with van der Waals surface area (Å²) in [5.74, 6) is -1.65. The molecule has 2 aromatic carbocycles. The van der Waals surface area contributed by atoms with Gasteiger partial charge in [0.15, 0.2) is 11.5 Å². The van der Waals surface area contributed by atoms with Gasteiger partial charge in [0.2, 0.25) is 0 Å². The number of aromatic nitrogens is 2. The molecular formula is C25H22FN3O5. The number of aliphatic hydroxyl groups excluding tert-OH is 1. The minimum atomic E-state index is -1.06. The number of Topliss-reactive ketones (excluding diaryl/α,β-unsaturated/α-hetero) is 1. The van der Waals surface area contributed by atoms with E-state index in [-0.39, 0.29) is 29.0 Å². The van der Waals surface area contributed by atoms with Crippen molar-refractivity contribution in [1.29, 1.82) is 0 Å². The first kappa shape index (κ1) is 21.7. The molecule has 2 aliphatic rings. The molecule has 1 amide bonds. The van der Waals surface area contributed by atoms with Gasteiger partial charge in [-0.05, 0) is 30.7 Å². The van der Waals surface area contributed by atoms with Crippen molar-refractivity contribution in [3.8, 4) is 11.5 Å². The first-order valence-electron chi connectivity index (χ1n) is 10.9. The summed E-state index contributed by atoms with van der Waals surface area (Å²) in [4.78, 5) is 31.4. The third-order valence-corrected chi connectivity index (χ3v) is 5.93. The first-order chi connectivity index (χ1) is 16.5. The maximum Gasteiger partial charge on any atom is 0.295 e. The molecule has 3 aromatic rings. The van der Waals surface area contributed by atoms with Gasteiger partial charge >= 0.3 is 0 Å². The summed E-state index contributed by atoms with van der Waals surface area (Å²) in [6, 6.07) is 9.65. The van der Waals surface area contributed by atoms with Crippen LogP contribution < -0.4 is 9.47 Å². The molecule has 1 saturated heterocycles. The van der Waals surface area contributed by atoms with E-state index in [2.05, 4.69) is 4.98 Å². The number of imidazole rings is 1. The monoisotopic (exact) mass is 463 g/mol. The zero-order valence-electron chi connectivity index (χ0n) is 18.2. The molecule has 2 aliphatic heterocycles. The molecule has 0 unspecified atom stereocenters. The zero-order valence-corrected chi connectivity index (χ0v) is 18.2. The van der Waals surface area contributed by atoms with Gasteiger partial charge in [0.1, 0.15) is 24.8 Å². The lowest BCUT2D eigenvalue weighted by molar-refractivity contribution is -0.140. The summed E-state index contributed by atoms with van der Waals surface area (Å²) in [6.45, 7) is 1.53. The Morgan fingerprint density at radius 2 is 1.88 bits per heavy atom. The fourth-order valence-electron chi connectivity index (χ4n) is 4.32. The number of hydrogen-bond donors (Lipinski definition) is 1. The van der Waals surface area contributed by atoms with Crippen LogP contribution in [0.2, 0.25) is 0 Å². The van der Waals surface area contributed by atoms with Crippen LogP contribution in [0.15, 0.2) is 66.8 Å². The van der Waals surface area contributed by atoms with E-state index in [1.54, 1.807) is 43.0 Å². The normalized spacial score (nSPS) is 19.0. The molecule has 0 aliphatic carbocycles. The Morgan fingerprint density at radius 1 is 1.09 bits per heavy atom. The number of carbonyl (C=O) groups excluding carboxylic acids is 2. The first-order valence-corrected chi connectivity index (χ1v) is 10.9. The van der Waals surface area contributed by atoms with Gasteiger partial charge in [-0.2, -0.15) is 0 Å². The number of aliphatic hydroxyl groups is 1. The summed E-state index contributed by atoms with van der Waals surface area (Å²) in [5, 5.41) is 11.2. The Labute approximate surface area is 194 Å². The van der Waals surface area contributed by atoms with E-state index in [1.165, 1.54) is 23.1 Å². The molecule has 0 saturated carbocycles. The van der Waals surface area contributed by atoms with E-state index in [0.29, 0.717) is 37.7 Å². The number of amides is 1. The number of aryl methyl sites for hydroxylation is 1. The molecule has 34 heavy (non-hydrogen) atoms. The van der Waals surface area contributed by atoms with E-state index < -0.39 is 23.5 Å². The Balaban J connectivity index is 1.55. The third-order valence-electron chi connectivity index (χ3n) is 5.93. The van der Waals surface area contributed by atoms with Crippen LogP contribution in [0.25, 0.3) is 5.76 Å². The maximum atomic E-state index is 14.9. The van der Waals surface area contributed by atoms with E-state index in [1.807, 2.05) is 4.57 Å². The van der Waals surface area contributed by atoms with Crippen molar-refractivity contribution in [2.24, 2.45) is 0 Å². The van der Waals surface area contributed by atoms with Gasteiger partial charge in [0.05, 0.1) is 17.9 Å². The molecule has 9 heteroatoms. The third kappa shape index (κ3) is 3.89. The lowest BCUT2D eigenvalue weighted by atomic mass is 9.94. The van der Waals surface area contributed by atoms with Crippen molar-refractivity contribution in [1.82, 2.24) is 14.5 Å². The molecule has 0 bridgehead atoms. The summed E-state index contributed by atoms with van der Waals surface area (Å²) in [7, 11) is 0. The van der Waals surface area contributed by atoms with Crippen molar-refractivity contribution >= 4 is 17.4 Å². The molecule has 3 heterocycles. The highest BCUT2D eigenvalue weighted by atomic mass is 19.1. The summed E-state index contributed by atoms with van der Waals surface area (Å²) in [6.07, 6.45) is 5.62. The number of ether oxygens (including phenoxy) is 2. The second-order valence-corrected chi connectivity index (χ2v) is 8.03. The number of carbonyl (C=O) groups is 2. The second kappa shape index (κ2) is 9.01. The molecule has 0 spiro atoms. The van der Waals surface area contributed by atoms with Crippen molar-refractivity contribution in [3.05, 3.63) is 83.7 Å². The molecule has 1 aromatic heterocycles. The smallest absolute Gasteiger partial charge is 0.295 e. The van der Waals surface area contributed by atoms with Gasteiger partial charge in [-0.25, -0.2) is 9.37 Å². The standard InChI is InChI=1S/C25H22FN3O5/c26-18-5-2-1-4-17(18)22-21(23(30)16-6-7-19-20(14-16)34-13-12-33-19)24(31)25(32)29(22)10-3-9-28-11-8-27-15-28/h1-2,4-8,11,14-15,22,30H,3,9-10,12-13H2/b23-21+/t22-/m0/s1. The van der Waals surface area contributed by atoms with Crippen LogP contribution in [0.3, 0.4) is 0 Å². The SMILES string of the molecule is O=C1C(=O)N(CCCn2ccnc2)[C@@H](c2ccccc2F)/C1=C(\O)c1ccc2c(c1)OCCO2. The van der Waals surface area contributed by atoms with Crippen LogP contribution >= 0.6 is 0 Å². The van der Waals surface area contributed by atoms with Gasteiger partial charge in [0.25, 0.3) is 11.7 Å². The number of halogens is 1. The highest BCUT2D eigenvalue weighted by molar-refractivity contribution is 6.46. The predicted molar refractivity (Wildman–Crippen MR) is 120 cm³/mol. The Morgan fingerprint density at radius 3 is 2.65 bits per heavy atom. The Kier molecular flexibility index (Phi) is 5.75. The number of hydrogen-bond acceptors (Lipinski definition) is 6. The fraction of sp³-hybridized carbons (Fsp3) is 0.240. The van der Waals surface area contributed by atoms with E-state index >= 15 is 0 Å². The van der Waals surface area contributed by atoms with Gasteiger partial charge in [0, 0.05) is 36.6 Å². The van der Waals surface area contributed by atoms with Gasteiger partial charge in [-0.15, -0.1) is 0 Å². The average Bonchev–Trinajstić information content (AvgIpc) is 3.46. The molecule has 1 fully saturated rings. The van der Waals surface area contributed by atoms with Crippen LogP contribution in [0.4, 0.5) is 4.39 Å². The summed E-state index contributed by atoms with van der Waals surface area (Å²) >= 11 is 0. The largest absolute Gasteiger partial charge is 0.507 e. The number of ketones is 1. The highest BCUT2D eigenvalue weighted by Crippen LogP contribution is 2.41. The minimum absolute atomic E-state index is 0.142. The van der Waals surface area contributed by atoms with Gasteiger partial charge < -0.3 is 24.0 Å². The van der Waals surface area contributed by atoms with Gasteiger partial charge in [-0.3, -0.25) is 9.59 Å². The number of nitrogens with zero attached hydrogens (tertiary/aromatic N) is 3. The van der Waals surface area contributed by atoms with Crippen LogP contribution in [-0.4, -0.2) is 51.0 Å². The van der Waals surface area contributed by atoms with Gasteiger partial charge in [-0.1, -0.05) is 18.2 Å². The van der Waals surface area contributed by atoms with Crippen LogP contribution in [0.5, 0.6) is 11.5 Å². The number of rotatable bonds is 6. The fourth-order valence-corrected chi connectivity index (χ4v) is 4.32. The van der Waals surface area contributed by atoms with Crippen LogP contribution in [-0.2, 0) is 16.1 Å². The topological polar surface area (TPSA) is 93.9 Å². The van der Waals surface area contributed by atoms with E-state index in [9.17, 15) is 19.1 Å². The number of fused-ring (bicyclic) bond motifs is 1. The van der Waals surface area contributed by atoms with Crippen molar-refractivity contribution in [2.45, 2.75) is 19.0 Å². The Hall–Kier alpha value is -4.14. The van der Waals surface area contributed by atoms with E-state index in [4.69, 9.17) is 9.47 Å². The lowest BCUT2D eigenvalue weighted by Crippen LogP contribution is -2.31. The summed E-state index contributed by atoms with van der Waals surface area (Å²) < 4.78 is 27.8. The Bertz CT molecular complexity index is 1270. The summed E-state index contributed by atoms with van der Waals surface area (Å²) in [5.41, 5.74) is 0.264.